The third-order valence-corrected chi connectivity index (χ3v) is 5.51. The van der Waals surface area contributed by atoms with E-state index in [9.17, 15) is 4.79 Å². The fraction of sp³-hybridized carbons (Fsp3) is 0.250. The molecular weight excluding hydrogens is 360 g/mol. The van der Waals surface area contributed by atoms with E-state index in [2.05, 4.69) is 51.3 Å². The molecule has 29 heavy (non-hydrogen) atoms. The van der Waals surface area contributed by atoms with E-state index < -0.39 is 0 Å². The normalized spacial score (nSPS) is 14.0. The van der Waals surface area contributed by atoms with Crippen LogP contribution in [0.4, 0.5) is 17.1 Å². The van der Waals surface area contributed by atoms with Gasteiger partial charge in [0.05, 0.1) is 11.9 Å². The average Bonchev–Trinajstić information content (AvgIpc) is 2.77. The summed E-state index contributed by atoms with van der Waals surface area (Å²) in [6, 6.07) is 20.2. The lowest BCUT2D eigenvalue weighted by atomic mass is 10.1. The van der Waals surface area contributed by atoms with Crippen LogP contribution in [0.15, 0.2) is 66.9 Å². The molecule has 1 amide bonds. The second-order valence-corrected chi connectivity index (χ2v) is 7.46. The van der Waals surface area contributed by atoms with E-state index in [1.54, 1.807) is 12.3 Å². The molecule has 0 spiro atoms. The second kappa shape index (κ2) is 8.35. The van der Waals surface area contributed by atoms with Gasteiger partial charge in [-0.25, -0.2) is 4.98 Å². The van der Waals surface area contributed by atoms with Crippen LogP contribution in [0, 0.1) is 13.8 Å². The number of carbonyl (C=O) groups is 1. The first-order valence-corrected chi connectivity index (χ1v) is 10.00. The van der Waals surface area contributed by atoms with Crippen LogP contribution in [0.5, 0.6) is 0 Å². The van der Waals surface area contributed by atoms with Crippen molar-refractivity contribution in [2.75, 3.05) is 41.3 Å². The molecule has 5 nitrogen and oxygen atoms in total. The van der Waals surface area contributed by atoms with Gasteiger partial charge in [-0.15, -0.1) is 0 Å². The molecule has 0 bridgehead atoms. The molecule has 0 unspecified atom stereocenters. The standard InChI is InChI=1S/C24H26N4O/c1-18-8-9-20(16-19(18)2)26-24(29)23-11-10-22(17-25-23)28-14-12-27(13-15-28)21-6-4-3-5-7-21/h3-11,16-17H,12-15H2,1-2H3,(H,26,29). The first kappa shape index (κ1) is 19.0. The van der Waals surface area contributed by atoms with Crippen molar-refractivity contribution in [2.24, 2.45) is 0 Å². The van der Waals surface area contributed by atoms with Gasteiger partial charge >= 0.3 is 0 Å². The van der Waals surface area contributed by atoms with E-state index in [0.717, 1.165) is 43.1 Å². The van der Waals surface area contributed by atoms with Gasteiger partial charge in [-0.1, -0.05) is 24.3 Å². The summed E-state index contributed by atoms with van der Waals surface area (Å²) in [5, 5.41) is 2.93. The lowest BCUT2D eigenvalue weighted by Crippen LogP contribution is -2.46. The number of benzene rings is 2. The Bertz CT molecular complexity index is 978. The van der Waals surface area contributed by atoms with Gasteiger partial charge in [-0.3, -0.25) is 4.79 Å². The minimum atomic E-state index is -0.186. The topological polar surface area (TPSA) is 48.5 Å². The van der Waals surface area contributed by atoms with E-state index in [4.69, 9.17) is 0 Å². The van der Waals surface area contributed by atoms with E-state index in [1.165, 1.54) is 11.3 Å². The fourth-order valence-corrected chi connectivity index (χ4v) is 3.58. The lowest BCUT2D eigenvalue weighted by Gasteiger charge is -2.37. The smallest absolute Gasteiger partial charge is 0.274 e. The molecule has 0 atom stereocenters. The maximum Gasteiger partial charge on any atom is 0.274 e. The molecule has 1 aliphatic rings. The van der Waals surface area contributed by atoms with Gasteiger partial charge < -0.3 is 15.1 Å². The summed E-state index contributed by atoms with van der Waals surface area (Å²) in [6.07, 6.45) is 1.80. The molecule has 0 saturated carbocycles. The maximum absolute atomic E-state index is 12.5. The van der Waals surface area contributed by atoms with Crippen LogP contribution in [0.1, 0.15) is 21.6 Å². The average molecular weight is 386 g/mol. The Morgan fingerprint density at radius 1 is 0.828 bits per heavy atom. The van der Waals surface area contributed by atoms with Crippen LogP contribution >= 0.6 is 0 Å². The van der Waals surface area contributed by atoms with E-state index >= 15 is 0 Å². The molecule has 4 rings (SSSR count). The minimum Gasteiger partial charge on any atom is -0.368 e. The third kappa shape index (κ3) is 4.40. The maximum atomic E-state index is 12.5. The number of rotatable bonds is 4. The largest absolute Gasteiger partial charge is 0.368 e. The van der Waals surface area contributed by atoms with Crippen LogP contribution < -0.4 is 15.1 Å². The summed E-state index contributed by atoms with van der Waals surface area (Å²) in [5.41, 5.74) is 5.90. The highest BCUT2D eigenvalue weighted by atomic mass is 16.1. The number of aryl methyl sites for hydroxylation is 2. The number of aromatic nitrogens is 1. The number of hydrogen-bond donors (Lipinski definition) is 1. The number of amides is 1. The molecular formula is C24H26N4O. The molecule has 2 heterocycles. The van der Waals surface area contributed by atoms with Crippen molar-refractivity contribution in [3.05, 3.63) is 83.7 Å². The summed E-state index contributed by atoms with van der Waals surface area (Å²) < 4.78 is 0. The molecule has 1 aromatic heterocycles. The molecule has 1 N–H and O–H groups in total. The SMILES string of the molecule is Cc1ccc(NC(=O)c2ccc(N3CCN(c4ccccc4)CC3)cn2)cc1C. The number of nitrogens with one attached hydrogen (secondary N) is 1. The molecule has 1 saturated heterocycles. The summed E-state index contributed by atoms with van der Waals surface area (Å²) in [4.78, 5) is 21.6. The first-order chi connectivity index (χ1) is 14.1. The molecule has 5 heteroatoms. The number of hydrogen-bond acceptors (Lipinski definition) is 4. The van der Waals surface area contributed by atoms with Crippen molar-refractivity contribution in [1.29, 1.82) is 0 Å². The number of carbonyl (C=O) groups excluding carboxylic acids is 1. The zero-order valence-corrected chi connectivity index (χ0v) is 16.9. The highest BCUT2D eigenvalue weighted by molar-refractivity contribution is 6.03. The Morgan fingerprint density at radius 3 is 2.14 bits per heavy atom. The monoisotopic (exact) mass is 386 g/mol. The van der Waals surface area contributed by atoms with Crippen LogP contribution in [-0.2, 0) is 0 Å². The predicted octanol–water partition coefficient (Wildman–Crippen LogP) is 4.28. The van der Waals surface area contributed by atoms with Crippen molar-refractivity contribution in [3.8, 4) is 0 Å². The predicted molar refractivity (Wildman–Crippen MR) is 119 cm³/mol. The first-order valence-electron chi connectivity index (χ1n) is 10.00. The number of para-hydroxylation sites is 1. The molecule has 0 aliphatic carbocycles. The molecule has 2 aromatic carbocycles. The highest BCUT2D eigenvalue weighted by Crippen LogP contribution is 2.20. The van der Waals surface area contributed by atoms with E-state index in [0.29, 0.717) is 5.69 Å². The van der Waals surface area contributed by atoms with Gasteiger partial charge in [0.1, 0.15) is 5.69 Å². The summed E-state index contributed by atoms with van der Waals surface area (Å²) in [7, 11) is 0. The van der Waals surface area contributed by atoms with Crippen LogP contribution in [0.25, 0.3) is 0 Å². The van der Waals surface area contributed by atoms with Gasteiger partial charge in [0.15, 0.2) is 0 Å². The van der Waals surface area contributed by atoms with Crippen LogP contribution in [0.3, 0.4) is 0 Å². The van der Waals surface area contributed by atoms with Gasteiger partial charge in [-0.2, -0.15) is 0 Å². The number of nitrogens with zero attached hydrogens (tertiary/aromatic N) is 3. The van der Waals surface area contributed by atoms with E-state index in [-0.39, 0.29) is 5.91 Å². The molecule has 3 aromatic rings. The molecule has 148 valence electrons. The Hall–Kier alpha value is -3.34. The van der Waals surface area contributed by atoms with Gasteiger partial charge in [0.25, 0.3) is 5.91 Å². The van der Waals surface area contributed by atoms with Crippen molar-refractivity contribution < 1.29 is 4.79 Å². The fourth-order valence-electron chi connectivity index (χ4n) is 3.58. The quantitative estimate of drug-likeness (QED) is 0.727. The van der Waals surface area contributed by atoms with Gasteiger partial charge in [0, 0.05) is 37.6 Å². The highest BCUT2D eigenvalue weighted by Gasteiger charge is 2.18. The summed E-state index contributed by atoms with van der Waals surface area (Å²) >= 11 is 0. The van der Waals surface area contributed by atoms with Crippen LogP contribution in [-0.4, -0.2) is 37.1 Å². The third-order valence-electron chi connectivity index (χ3n) is 5.51. The second-order valence-electron chi connectivity index (χ2n) is 7.46. The Kier molecular flexibility index (Phi) is 5.47. The van der Waals surface area contributed by atoms with Crippen molar-refractivity contribution in [3.63, 3.8) is 0 Å². The lowest BCUT2D eigenvalue weighted by molar-refractivity contribution is 0.102. The van der Waals surface area contributed by atoms with Crippen LogP contribution in [0.2, 0.25) is 0 Å². The van der Waals surface area contributed by atoms with Crippen molar-refractivity contribution >= 4 is 23.0 Å². The number of pyridine rings is 1. The molecule has 1 aliphatic heterocycles. The molecule has 0 radical (unpaired) electrons. The van der Waals surface area contributed by atoms with Gasteiger partial charge in [-0.05, 0) is 61.4 Å². The van der Waals surface area contributed by atoms with Crippen molar-refractivity contribution in [2.45, 2.75) is 13.8 Å². The Labute approximate surface area is 172 Å². The number of anilines is 3. The summed E-state index contributed by atoms with van der Waals surface area (Å²) in [5.74, 6) is -0.186. The van der Waals surface area contributed by atoms with Gasteiger partial charge in [0.2, 0.25) is 0 Å². The molecule has 1 fully saturated rings. The zero-order chi connectivity index (χ0) is 20.2. The zero-order valence-electron chi connectivity index (χ0n) is 16.9. The van der Waals surface area contributed by atoms with E-state index in [1.807, 2.05) is 37.3 Å². The number of piperazine rings is 1. The Morgan fingerprint density at radius 2 is 1.52 bits per heavy atom. The summed E-state index contributed by atoms with van der Waals surface area (Å²) in [6.45, 7) is 7.91. The minimum absolute atomic E-state index is 0.186. The van der Waals surface area contributed by atoms with Crippen molar-refractivity contribution in [1.82, 2.24) is 4.98 Å². The Balaban J connectivity index is 1.36.